The zero-order valence-corrected chi connectivity index (χ0v) is 24.0. The fourth-order valence-electron chi connectivity index (χ4n) is 4.11. The Hall–Kier alpha value is -3.50. The number of amides is 2. The van der Waals surface area contributed by atoms with Crippen LogP contribution in [-0.2, 0) is 44.5 Å². The molecule has 0 aromatic heterocycles. The molecule has 0 saturated carbocycles. The van der Waals surface area contributed by atoms with E-state index in [1.165, 1.54) is 14.2 Å². The molecular weight excluding hydrogens is 516 g/mol. The summed E-state index contributed by atoms with van der Waals surface area (Å²) < 4.78 is 21.9. The first kappa shape index (κ1) is 32.7. The van der Waals surface area contributed by atoms with Crippen LogP contribution in [0, 0.1) is 11.8 Å². The molecule has 6 atom stereocenters. The van der Waals surface area contributed by atoms with Gasteiger partial charge in [-0.1, -0.05) is 68.5 Å². The van der Waals surface area contributed by atoms with Gasteiger partial charge in [0.2, 0.25) is 11.8 Å². The van der Waals surface area contributed by atoms with Gasteiger partial charge in [-0.05, 0) is 12.5 Å². The van der Waals surface area contributed by atoms with Crippen molar-refractivity contribution in [3.63, 3.8) is 0 Å². The predicted molar refractivity (Wildman–Crippen MR) is 149 cm³/mol. The molecule has 1 aliphatic rings. The summed E-state index contributed by atoms with van der Waals surface area (Å²) in [4.78, 5) is 50.6. The molecule has 0 aliphatic carbocycles. The SMILES string of the molecule is CO[C@@H]1COC(=O)[C@H](Cc2ccccc2)NC(=O)CC=C[C@@H](C)[C@H](OC)COC(=O)[C@@H](C)NC(=O)CC=C[C@H]1C. The van der Waals surface area contributed by atoms with Gasteiger partial charge in [0.1, 0.15) is 25.3 Å². The molecule has 220 valence electrons. The second kappa shape index (κ2) is 17.2. The fraction of sp³-hybridized carbons (Fsp3) is 0.533. The van der Waals surface area contributed by atoms with Gasteiger partial charge >= 0.3 is 11.9 Å². The van der Waals surface area contributed by atoms with E-state index in [0.29, 0.717) is 0 Å². The van der Waals surface area contributed by atoms with Crippen molar-refractivity contribution in [1.29, 1.82) is 0 Å². The van der Waals surface area contributed by atoms with E-state index in [2.05, 4.69) is 10.6 Å². The van der Waals surface area contributed by atoms with Crippen LogP contribution < -0.4 is 10.6 Å². The van der Waals surface area contributed by atoms with Gasteiger partial charge in [-0.25, -0.2) is 9.59 Å². The van der Waals surface area contributed by atoms with Crippen molar-refractivity contribution in [2.75, 3.05) is 27.4 Å². The van der Waals surface area contributed by atoms with Crippen LogP contribution in [0.5, 0.6) is 0 Å². The van der Waals surface area contributed by atoms with Crippen molar-refractivity contribution in [2.45, 2.75) is 64.3 Å². The molecule has 2 amide bonds. The second-order valence-corrected chi connectivity index (χ2v) is 9.89. The highest BCUT2D eigenvalue weighted by Crippen LogP contribution is 2.13. The van der Waals surface area contributed by atoms with Gasteiger partial charge in [0.05, 0.1) is 12.2 Å². The van der Waals surface area contributed by atoms with E-state index in [1.807, 2.05) is 44.2 Å². The molecule has 1 aliphatic heterocycles. The van der Waals surface area contributed by atoms with Crippen molar-refractivity contribution < 1.29 is 38.1 Å². The molecule has 1 aromatic rings. The van der Waals surface area contributed by atoms with Crippen LogP contribution in [0.4, 0.5) is 0 Å². The summed E-state index contributed by atoms with van der Waals surface area (Å²) >= 11 is 0. The zero-order chi connectivity index (χ0) is 29.5. The first-order valence-electron chi connectivity index (χ1n) is 13.5. The lowest BCUT2D eigenvalue weighted by molar-refractivity contribution is -0.152. The number of hydrogen-bond donors (Lipinski definition) is 2. The van der Waals surface area contributed by atoms with Gasteiger partial charge in [0.15, 0.2) is 0 Å². The van der Waals surface area contributed by atoms with E-state index >= 15 is 0 Å². The van der Waals surface area contributed by atoms with Gasteiger partial charge in [-0.15, -0.1) is 0 Å². The van der Waals surface area contributed by atoms with Crippen molar-refractivity contribution in [1.82, 2.24) is 10.6 Å². The number of cyclic esters (lactones) is 2. The van der Waals surface area contributed by atoms with Gasteiger partial charge in [-0.2, -0.15) is 0 Å². The van der Waals surface area contributed by atoms with Crippen LogP contribution in [0.25, 0.3) is 0 Å². The highest BCUT2D eigenvalue weighted by molar-refractivity contribution is 5.85. The molecule has 2 rings (SSSR count). The lowest BCUT2D eigenvalue weighted by Gasteiger charge is -2.23. The van der Waals surface area contributed by atoms with Gasteiger partial charge in [0.25, 0.3) is 0 Å². The van der Waals surface area contributed by atoms with E-state index in [9.17, 15) is 19.2 Å². The third-order valence-corrected chi connectivity index (χ3v) is 6.68. The Morgan fingerprint density at radius 3 is 1.77 bits per heavy atom. The quantitative estimate of drug-likeness (QED) is 0.426. The van der Waals surface area contributed by atoms with Crippen LogP contribution in [0.3, 0.4) is 0 Å². The maximum absolute atomic E-state index is 13.1. The van der Waals surface area contributed by atoms with Gasteiger partial charge in [0, 0.05) is 45.3 Å². The van der Waals surface area contributed by atoms with Crippen molar-refractivity contribution in [3.8, 4) is 0 Å². The largest absolute Gasteiger partial charge is 0.461 e. The smallest absolute Gasteiger partial charge is 0.329 e. The van der Waals surface area contributed by atoms with Crippen molar-refractivity contribution >= 4 is 23.8 Å². The van der Waals surface area contributed by atoms with Crippen LogP contribution in [-0.4, -0.2) is 75.5 Å². The Balaban J connectivity index is 2.23. The molecule has 10 heteroatoms. The van der Waals surface area contributed by atoms with E-state index in [1.54, 1.807) is 31.2 Å². The summed E-state index contributed by atoms with van der Waals surface area (Å²) in [5.74, 6) is -2.19. The number of hydrogen-bond acceptors (Lipinski definition) is 8. The number of carbonyl (C=O) groups excluding carboxylic acids is 4. The average Bonchev–Trinajstić information content (AvgIpc) is 2.93. The van der Waals surface area contributed by atoms with Crippen LogP contribution in [0.15, 0.2) is 54.6 Å². The first-order valence-corrected chi connectivity index (χ1v) is 13.5. The highest BCUT2D eigenvalue weighted by Gasteiger charge is 2.26. The minimum Gasteiger partial charge on any atom is -0.461 e. The summed E-state index contributed by atoms with van der Waals surface area (Å²) in [5.41, 5.74) is 0.875. The molecule has 1 aromatic carbocycles. The van der Waals surface area contributed by atoms with Crippen molar-refractivity contribution in [3.05, 3.63) is 60.2 Å². The zero-order valence-electron chi connectivity index (χ0n) is 24.0. The third kappa shape index (κ3) is 11.3. The summed E-state index contributed by atoms with van der Waals surface area (Å²) in [7, 11) is 3.02. The van der Waals surface area contributed by atoms with Gasteiger partial charge < -0.3 is 29.6 Å². The number of nitrogens with one attached hydrogen (secondary N) is 2. The summed E-state index contributed by atoms with van der Waals surface area (Å²) in [6.45, 7) is 5.24. The van der Waals surface area contributed by atoms with Crippen molar-refractivity contribution in [2.24, 2.45) is 11.8 Å². The summed E-state index contributed by atoms with van der Waals surface area (Å²) in [5, 5.41) is 5.41. The highest BCUT2D eigenvalue weighted by atomic mass is 16.6. The van der Waals surface area contributed by atoms with E-state index < -0.39 is 36.2 Å². The minimum atomic E-state index is -0.890. The maximum atomic E-state index is 13.1. The molecule has 0 spiro atoms. The first-order chi connectivity index (χ1) is 19.1. The molecule has 40 heavy (non-hydrogen) atoms. The lowest BCUT2D eigenvalue weighted by atomic mass is 10.0. The Morgan fingerprint density at radius 2 is 1.25 bits per heavy atom. The number of ether oxygens (including phenoxy) is 4. The lowest BCUT2D eigenvalue weighted by Crippen LogP contribution is -2.44. The van der Waals surface area contributed by atoms with Crippen LogP contribution in [0.1, 0.15) is 39.2 Å². The standard InChI is InChI=1S/C30H42N2O8/c1-20-12-10-16-28(34)32-24(17-23-13-7-6-8-14-23)30(36)40-19-26(38-5)21(2)11-9-15-27(33)31-22(3)29(35)39-18-25(20)37-4/h6-14,20-22,24-26H,15-19H2,1-5H3,(H,31,33)(H,32,34)/t20-,21-,22-,24+,25-,26-/m1/s1. The molecule has 2 N–H and O–H groups in total. The monoisotopic (exact) mass is 558 g/mol. The Bertz CT molecular complexity index is 1030. The van der Waals surface area contributed by atoms with Crippen LogP contribution in [0.2, 0.25) is 0 Å². The summed E-state index contributed by atoms with van der Waals surface area (Å²) in [6, 6.07) is 7.63. The Labute approximate surface area is 236 Å². The molecule has 10 nitrogen and oxygen atoms in total. The Morgan fingerprint density at radius 1 is 0.750 bits per heavy atom. The minimum absolute atomic E-state index is 0.0198. The molecule has 0 bridgehead atoms. The predicted octanol–water partition coefficient (Wildman–Crippen LogP) is 2.51. The molecule has 0 saturated heterocycles. The number of methoxy groups -OCH3 is 2. The second-order valence-electron chi connectivity index (χ2n) is 9.89. The fourth-order valence-corrected chi connectivity index (χ4v) is 4.11. The van der Waals surface area contributed by atoms with Crippen LogP contribution >= 0.6 is 0 Å². The Kier molecular flexibility index (Phi) is 14.1. The van der Waals surface area contributed by atoms with E-state index in [0.717, 1.165) is 5.56 Å². The molecule has 0 radical (unpaired) electrons. The van der Waals surface area contributed by atoms with Gasteiger partial charge in [-0.3, -0.25) is 9.59 Å². The number of rotatable bonds is 4. The normalized spacial score (nSPS) is 28.3. The number of benzene rings is 1. The average molecular weight is 559 g/mol. The molecular formula is C30H42N2O8. The third-order valence-electron chi connectivity index (χ3n) is 6.68. The van der Waals surface area contributed by atoms with E-state index in [-0.39, 0.29) is 56.1 Å². The molecule has 1 heterocycles. The molecule has 0 unspecified atom stereocenters. The molecule has 0 fully saturated rings. The maximum Gasteiger partial charge on any atom is 0.329 e. The number of esters is 2. The summed E-state index contributed by atoms with van der Waals surface area (Å²) in [6.07, 6.45) is 6.36. The van der Waals surface area contributed by atoms with E-state index in [4.69, 9.17) is 18.9 Å². The topological polar surface area (TPSA) is 129 Å². The number of carbonyl (C=O) groups is 4.